The summed E-state index contributed by atoms with van der Waals surface area (Å²) in [5, 5.41) is 9.06. The molecular formula is C9H17NO3. The Morgan fingerprint density at radius 3 is 2.69 bits per heavy atom. The van der Waals surface area contributed by atoms with Crippen LogP contribution in [0.4, 0.5) is 4.79 Å². The van der Waals surface area contributed by atoms with E-state index in [0.717, 1.165) is 6.42 Å². The summed E-state index contributed by atoms with van der Waals surface area (Å²) in [6.45, 7) is 4.11. The molecular weight excluding hydrogens is 170 g/mol. The van der Waals surface area contributed by atoms with Gasteiger partial charge < -0.3 is 14.7 Å². The number of hydrogen-bond donors (Lipinski definition) is 1. The fourth-order valence-electron chi connectivity index (χ4n) is 1.59. The molecule has 0 radical (unpaired) electrons. The zero-order valence-electron chi connectivity index (χ0n) is 8.36. The molecule has 1 heterocycles. The standard InChI is InChI=1S/C9H17NO3/c1-6(2)4-8-7(5-11)10(3)9(12)13-8/h6-8,11H,4-5H2,1-3H3. The maximum atomic E-state index is 11.1. The number of cyclic esters (lactones) is 1. The van der Waals surface area contributed by atoms with Crippen LogP contribution >= 0.6 is 0 Å². The van der Waals surface area contributed by atoms with Gasteiger partial charge in [-0.05, 0) is 12.3 Å². The van der Waals surface area contributed by atoms with Gasteiger partial charge in [0, 0.05) is 7.05 Å². The topological polar surface area (TPSA) is 49.8 Å². The van der Waals surface area contributed by atoms with Crippen molar-refractivity contribution in [3.05, 3.63) is 0 Å². The van der Waals surface area contributed by atoms with Crippen LogP contribution in [0.25, 0.3) is 0 Å². The number of rotatable bonds is 3. The van der Waals surface area contributed by atoms with Crippen molar-refractivity contribution in [2.24, 2.45) is 5.92 Å². The molecule has 76 valence electrons. The van der Waals surface area contributed by atoms with Crippen molar-refractivity contribution in [3.63, 3.8) is 0 Å². The molecule has 1 aliphatic heterocycles. The van der Waals surface area contributed by atoms with Gasteiger partial charge in [-0.25, -0.2) is 4.79 Å². The second-order valence-electron chi connectivity index (χ2n) is 3.91. The Labute approximate surface area is 78.5 Å². The highest BCUT2D eigenvalue weighted by Crippen LogP contribution is 2.22. The average Bonchev–Trinajstić information content (AvgIpc) is 2.27. The summed E-state index contributed by atoms with van der Waals surface area (Å²) in [5.41, 5.74) is 0. The molecule has 0 aromatic carbocycles. The number of carbonyl (C=O) groups is 1. The van der Waals surface area contributed by atoms with Gasteiger partial charge in [0.25, 0.3) is 0 Å². The van der Waals surface area contributed by atoms with E-state index < -0.39 is 0 Å². The van der Waals surface area contributed by atoms with E-state index in [4.69, 9.17) is 9.84 Å². The quantitative estimate of drug-likeness (QED) is 0.712. The van der Waals surface area contributed by atoms with Crippen molar-refractivity contribution < 1.29 is 14.6 Å². The van der Waals surface area contributed by atoms with Crippen molar-refractivity contribution in [2.75, 3.05) is 13.7 Å². The zero-order valence-corrected chi connectivity index (χ0v) is 8.36. The van der Waals surface area contributed by atoms with E-state index in [1.54, 1.807) is 7.05 Å². The van der Waals surface area contributed by atoms with E-state index in [9.17, 15) is 4.79 Å². The fourth-order valence-corrected chi connectivity index (χ4v) is 1.59. The highest BCUT2D eigenvalue weighted by atomic mass is 16.6. The van der Waals surface area contributed by atoms with Crippen molar-refractivity contribution in [3.8, 4) is 0 Å². The summed E-state index contributed by atoms with van der Waals surface area (Å²) in [7, 11) is 1.66. The Bertz CT molecular complexity index is 193. The Morgan fingerprint density at radius 2 is 2.23 bits per heavy atom. The highest BCUT2D eigenvalue weighted by Gasteiger charge is 2.38. The van der Waals surface area contributed by atoms with Crippen molar-refractivity contribution in [1.82, 2.24) is 4.90 Å². The smallest absolute Gasteiger partial charge is 0.410 e. The lowest BCUT2D eigenvalue weighted by atomic mass is 10.0. The first-order valence-electron chi connectivity index (χ1n) is 4.60. The Balaban J connectivity index is 2.59. The first-order valence-corrected chi connectivity index (χ1v) is 4.60. The Hall–Kier alpha value is -0.770. The fraction of sp³-hybridized carbons (Fsp3) is 0.889. The van der Waals surface area contributed by atoms with Crippen LogP contribution in [-0.2, 0) is 4.74 Å². The number of carbonyl (C=O) groups excluding carboxylic acids is 1. The number of aliphatic hydroxyl groups excluding tert-OH is 1. The van der Waals surface area contributed by atoms with Crippen LogP contribution < -0.4 is 0 Å². The maximum Gasteiger partial charge on any atom is 0.410 e. The zero-order chi connectivity index (χ0) is 10.0. The van der Waals surface area contributed by atoms with E-state index in [0.29, 0.717) is 5.92 Å². The molecule has 0 aromatic rings. The predicted molar refractivity (Wildman–Crippen MR) is 48.4 cm³/mol. The molecule has 2 atom stereocenters. The lowest BCUT2D eigenvalue weighted by Gasteiger charge is -2.19. The first-order chi connectivity index (χ1) is 6.06. The molecule has 1 amide bonds. The Morgan fingerprint density at radius 1 is 1.62 bits per heavy atom. The molecule has 4 nitrogen and oxygen atoms in total. The van der Waals surface area contributed by atoms with E-state index in [-0.39, 0.29) is 24.8 Å². The lowest BCUT2D eigenvalue weighted by molar-refractivity contribution is 0.103. The summed E-state index contributed by atoms with van der Waals surface area (Å²) >= 11 is 0. The van der Waals surface area contributed by atoms with Crippen molar-refractivity contribution >= 4 is 6.09 Å². The molecule has 2 unspecified atom stereocenters. The third kappa shape index (κ3) is 2.12. The lowest BCUT2D eigenvalue weighted by Crippen LogP contribution is -2.37. The molecule has 1 fully saturated rings. The van der Waals surface area contributed by atoms with E-state index >= 15 is 0 Å². The maximum absolute atomic E-state index is 11.1. The van der Waals surface area contributed by atoms with E-state index in [2.05, 4.69) is 13.8 Å². The molecule has 1 aliphatic rings. The van der Waals surface area contributed by atoms with Crippen LogP contribution in [0.2, 0.25) is 0 Å². The largest absolute Gasteiger partial charge is 0.444 e. The third-order valence-corrected chi connectivity index (χ3v) is 2.36. The minimum absolute atomic E-state index is 0.0281. The molecule has 0 saturated carbocycles. The second kappa shape index (κ2) is 3.96. The highest BCUT2D eigenvalue weighted by molar-refractivity contribution is 5.70. The van der Waals surface area contributed by atoms with Gasteiger partial charge >= 0.3 is 6.09 Å². The molecule has 4 heteroatoms. The van der Waals surface area contributed by atoms with Crippen LogP contribution in [0.5, 0.6) is 0 Å². The molecule has 1 rings (SSSR count). The van der Waals surface area contributed by atoms with Gasteiger partial charge in [0.15, 0.2) is 0 Å². The van der Waals surface area contributed by atoms with Gasteiger partial charge in [0.05, 0.1) is 12.6 Å². The monoisotopic (exact) mass is 187 g/mol. The van der Waals surface area contributed by atoms with Crippen LogP contribution in [0, 0.1) is 5.92 Å². The predicted octanol–water partition coefficient (Wildman–Crippen LogP) is 0.844. The minimum Gasteiger partial charge on any atom is -0.444 e. The average molecular weight is 187 g/mol. The molecule has 1 saturated heterocycles. The number of aliphatic hydroxyl groups is 1. The van der Waals surface area contributed by atoms with Crippen LogP contribution in [0.3, 0.4) is 0 Å². The van der Waals surface area contributed by atoms with Crippen molar-refractivity contribution in [2.45, 2.75) is 32.4 Å². The molecule has 0 aromatic heterocycles. The number of amides is 1. The Kier molecular flexibility index (Phi) is 3.14. The van der Waals surface area contributed by atoms with Crippen molar-refractivity contribution in [1.29, 1.82) is 0 Å². The van der Waals surface area contributed by atoms with Gasteiger partial charge in [-0.1, -0.05) is 13.8 Å². The summed E-state index contributed by atoms with van der Waals surface area (Å²) in [6, 6.07) is -0.171. The summed E-state index contributed by atoms with van der Waals surface area (Å²) in [4.78, 5) is 12.6. The van der Waals surface area contributed by atoms with Crippen LogP contribution in [0.1, 0.15) is 20.3 Å². The second-order valence-corrected chi connectivity index (χ2v) is 3.91. The summed E-state index contributed by atoms with van der Waals surface area (Å²) in [6.07, 6.45) is 0.327. The van der Waals surface area contributed by atoms with Gasteiger partial charge in [0.2, 0.25) is 0 Å². The normalized spacial score (nSPS) is 28.4. The minimum atomic E-state index is -0.329. The molecule has 0 aliphatic carbocycles. The molecule has 0 bridgehead atoms. The van der Waals surface area contributed by atoms with Gasteiger partial charge in [-0.2, -0.15) is 0 Å². The molecule has 13 heavy (non-hydrogen) atoms. The molecule has 1 N–H and O–H groups in total. The number of likely N-dealkylation sites (N-methyl/N-ethyl adjacent to an activating group) is 1. The van der Waals surface area contributed by atoms with Crippen LogP contribution in [0.15, 0.2) is 0 Å². The van der Waals surface area contributed by atoms with E-state index in [1.165, 1.54) is 4.90 Å². The number of ether oxygens (including phenoxy) is 1. The van der Waals surface area contributed by atoms with Crippen LogP contribution in [-0.4, -0.2) is 41.9 Å². The first kappa shape index (κ1) is 10.3. The SMILES string of the molecule is CC(C)CC1OC(=O)N(C)C1CO. The van der Waals surface area contributed by atoms with Gasteiger partial charge in [0.1, 0.15) is 6.10 Å². The van der Waals surface area contributed by atoms with E-state index in [1.807, 2.05) is 0 Å². The third-order valence-electron chi connectivity index (χ3n) is 2.36. The molecule has 0 spiro atoms. The summed E-state index contributed by atoms with van der Waals surface area (Å²) in [5.74, 6) is 0.471. The summed E-state index contributed by atoms with van der Waals surface area (Å²) < 4.78 is 5.11. The number of nitrogens with zero attached hydrogens (tertiary/aromatic N) is 1. The van der Waals surface area contributed by atoms with Gasteiger partial charge in [-0.3, -0.25) is 0 Å². The number of hydrogen-bond acceptors (Lipinski definition) is 3. The van der Waals surface area contributed by atoms with Gasteiger partial charge in [-0.15, -0.1) is 0 Å².